The van der Waals surface area contributed by atoms with Gasteiger partial charge in [-0.25, -0.2) is 8.78 Å². The van der Waals surface area contributed by atoms with Crippen LogP contribution in [0.5, 0.6) is 0 Å². The molecule has 0 radical (unpaired) electrons. The molecule has 0 bridgehead atoms. The lowest BCUT2D eigenvalue weighted by molar-refractivity contribution is 0.582. The van der Waals surface area contributed by atoms with Crippen molar-refractivity contribution in [3.63, 3.8) is 0 Å². The van der Waals surface area contributed by atoms with Crippen molar-refractivity contribution in [2.75, 3.05) is 0 Å². The molecular formula is C11H6BrClF2S. The zero-order chi connectivity index (χ0) is 11.7. The van der Waals surface area contributed by atoms with Crippen molar-refractivity contribution in [3.8, 4) is 0 Å². The van der Waals surface area contributed by atoms with Gasteiger partial charge in [-0.1, -0.05) is 6.07 Å². The fraction of sp³-hybridized carbons (Fsp3) is 0.0909. The molecule has 1 atom stereocenters. The third-order valence-electron chi connectivity index (χ3n) is 2.11. The van der Waals surface area contributed by atoms with Crippen molar-refractivity contribution >= 4 is 38.9 Å². The monoisotopic (exact) mass is 322 g/mol. The van der Waals surface area contributed by atoms with Gasteiger partial charge in [0.1, 0.15) is 11.6 Å². The van der Waals surface area contributed by atoms with Crippen LogP contribution in [0.4, 0.5) is 8.78 Å². The average Bonchev–Trinajstić information content (AvgIpc) is 2.75. The molecule has 1 aromatic heterocycles. The Bertz CT molecular complexity index is 499. The average molecular weight is 324 g/mol. The van der Waals surface area contributed by atoms with Crippen LogP contribution in [0.3, 0.4) is 0 Å². The fourth-order valence-corrected chi connectivity index (χ4v) is 2.75. The first kappa shape index (κ1) is 12.0. The highest BCUT2D eigenvalue weighted by atomic mass is 79.9. The van der Waals surface area contributed by atoms with Crippen LogP contribution in [0.15, 0.2) is 34.1 Å². The Morgan fingerprint density at radius 2 is 2.00 bits per heavy atom. The molecule has 0 fully saturated rings. The molecule has 1 unspecified atom stereocenters. The molecule has 2 rings (SSSR count). The summed E-state index contributed by atoms with van der Waals surface area (Å²) in [5.74, 6) is -1.03. The first-order valence-electron chi connectivity index (χ1n) is 4.41. The Morgan fingerprint density at radius 1 is 1.25 bits per heavy atom. The Balaban J connectivity index is 2.44. The van der Waals surface area contributed by atoms with Crippen molar-refractivity contribution in [2.45, 2.75) is 5.38 Å². The molecule has 0 aliphatic rings. The van der Waals surface area contributed by atoms with Crippen LogP contribution >= 0.6 is 38.9 Å². The van der Waals surface area contributed by atoms with Crippen LogP contribution in [0.1, 0.15) is 15.8 Å². The lowest BCUT2D eigenvalue weighted by Gasteiger charge is -2.09. The van der Waals surface area contributed by atoms with Crippen LogP contribution < -0.4 is 0 Å². The van der Waals surface area contributed by atoms with E-state index in [1.807, 2.05) is 11.4 Å². The largest absolute Gasteiger partial charge is 0.207 e. The zero-order valence-corrected chi connectivity index (χ0v) is 11.0. The van der Waals surface area contributed by atoms with Crippen molar-refractivity contribution < 1.29 is 8.78 Å². The van der Waals surface area contributed by atoms with Crippen molar-refractivity contribution in [3.05, 3.63) is 56.2 Å². The van der Waals surface area contributed by atoms with Gasteiger partial charge in [0, 0.05) is 10.4 Å². The third kappa shape index (κ3) is 2.29. The standard InChI is InChI=1S/C11H6BrClF2S/c12-7-5-8(14)6(4-9(7)15)11(13)10-2-1-3-16-10/h1-5,11H. The smallest absolute Gasteiger partial charge is 0.137 e. The molecule has 0 nitrogen and oxygen atoms in total. The van der Waals surface area contributed by atoms with Gasteiger partial charge in [0.15, 0.2) is 0 Å². The van der Waals surface area contributed by atoms with E-state index in [1.54, 1.807) is 6.07 Å². The normalized spacial score (nSPS) is 12.8. The maximum Gasteiger partial charge on any atom is 0.137 e. The maximum atomic E-state index is 13.6. The van der Waals surface area contributed by atoms with E-state index < -0.39 is 17.0 Å². The van der Waals surface area contributed by atoms with Gasteiger partial charge in [-0.15, -0.1) is 22.9 Å². The summed E-state index contributed by atoms with van der Waals surface area (Å²) < 4.78 is 27.0. The van der Waals surface area contributed by atoms with Gasteiger partial charge in [-0.05, 0) is 39.5 Å². The number of hydrogen-bond acceptors (Lipinski definition) is 1. The van der Waals surface area contributed by atoms with E-state index >= 15 is 0 Å². The molecule has 0 N–H and O–H groups in total. The predicted octanol–water partition coefficient (Wildman–Crippen LogP) is 5.12. The highest BCUT2D eigenvalue weighted by Crippen LogP contribution is 2.35. The molecule has 84 valence electrons. The van der Waals surface area contributed by atoms with Gasteiger partial charge >= 0.3 is 0 Å². The topological polar surface area (TPSA) is 0 Å². The summed E-state index contributed by atoms with van der Waals surface area (Å²) in [6.07, 6.45) is 0. The minimum Gasteiger partial charge on any atom is -0.207 e. The summed E-state index contributed by atoms with van der Waals surface area (Å²) in [6.45, 7) is 0. The Morgan fingerprint density at radius 3 is 2.62 bits per heavy atom. The summed E-state index contributed by atoms with van der Waals surface area (Å²) in [4.78, 5) is 0.794. The molecule has 0 aliphatic heterocycles. The van der Waals surface area contributed by atoms with Crippen molar-refractivity contribution in [1.82, 2.24) is 0 Å². The molecule has 16 heavy (non-hydrogen) atoms. The second-order valence-corrected chi connectivity index (χ2v) is 5.44. The number of benzene rings is 1. The zero-order valence-electron chi connectivity index (χ0n) is 7.88. The van der Waals surface area contributed by atoms with Crippen LogP contribution in [-0.4, -0.2) is 0 Å². The number of hydrogen-bond donors (Lipinski definition) is 0. The first-order chi connectivity index (χ1) is 7.59. The third-order valence-corrected chi connectivity index (χ3v) is 4.25. The van der Waals surface area contributed by atoms with Gasteiger partial charge in [0.2, 0.25) is 0 Å². The van der Waals surface area contributed by atoms with Gasteiger partial charge in [-0.2, -0.15) is 0 Å². The summed E-state index contributed by atoms with van der Waals surface area (Å²) in [5, 5.41) is 1.19. The second kappa shape index (κ2) is 4.82. The number of rotatable bonds is 2. The first-order valence-corrected chi connectivity index (χ1v) is 6.52. The molecule has 5 heteroatoms. The lowest BCUT2D eigenvalue weighted by Crippen LogP contribution is -1.97. The SMILES string of the molecule is Fc1cc(C(Cl)c2cccs2)c(F)cc1Br. The fourth-order valence-electron chi connectivity index (χ4n) is 1.32. The molecule has 0 aliphatic carbocycles. The van der Waals surface area contributed by atoms with E-state index in [1.165, 1.54) is 11.3 Å². The van der Waals surface area contributed by atoms with Gasteiger partial charge in [-0.3, -0.25) is 0 Å². The molecule has 1 aromatic carbocycles. The van der Waals surface area contributed by atoms with E-state index in [4.69, 9.17) is 11.6 Å². The second-order valence-electron chi connectivity index (χ2n) is 3.17. The Labute approximate surface area is 109 Å². The molecule has 0 saturated carbocycles. The van der Waals surface area contributed by atoms with Crippen molar-refractivity contribution in [1.29, 1.82) is 0 Å². The Hall–Kier alpha value is -0.450. The van der Waals surface area contributed by atoms with Gasteiger partial charge in [0.25, 0.3) is 0 Å². The molecule has 0 saturated heterocycles. The quantitative estimate of drug-likeness (QED) is 0.532. The summed E-state index contributed by atoms with van der Waals surface area (Å²) in [5.41, 5.74) is 0.157. The van der Waals surface area contributed by atoms with Crippen LogP contribution in [0.2, 0.25) is 0 Å². The van der Waals surface area contributed by atoms with E-state index in [0.29, 0.717) is 0 Å². The highest BCUT2D eigenvalue weighted by molar-refractivity contribution is 9.10. The molecule has 0 spiro atoms. The highest BCUT2D eigenvalue weighted by Gasteiger charge is 2.18. The molecule has 2 aromatic rings. The minimum absolute atomic E-state index is 0.101. The summed E-state index contributed by atoms with van der Waals surface area (Å²) in [6, 6.07) is 5.83. The van der Waals surface area contributed by atoms with E-state index in [0.717, 1.165) is 17.0 Å². The summed E-state index contributed by atoms with van der Waals surface area (Å²) >= 11 is 10.4. The predicted molar refractivity (Wildman–Crippen MR) is 66.1 cm³/mol. The number of alkyl halides is 1. The van der Waals surface area contributed by atoms with Crippen LogP contribution in [0.25, 0.3) is 0 Å². The Kier molecular flexibility index (Phi) is 3.62. The van der Waals surface area contributed by atoms with Crippen molar-refractivity contribution in [2.24, 2.45) is 0 Å². The molecule has 1 heterocycles. The molecular weight excluding hydrogens is 318 g/mol. The number of thiophene rings is 1. The molecule has 0 amide bonds. The van der Waals surface area contributed by atoms with Gasteiger partial charge in [0.05, 0.1) is 9.85 Å². The van der Waals surface area contributed by atoms with E-state index in [9.17, 15) is 8.78 Å². The van der Waals surface area contributed by atoms with Crippen LogP contribution in [-0.2, 0) is 0 Å². The lowest BCUT2D eigenvalue weighted by atomic mass is 10.1. The minimum atomic E-state index is -0.650. The summed E-state index contributed by atoms with van der Waals surface area (Å²) in [7, 11) is 0. The van der Waals surface area contributed by atoms with Crippen LogP contribution in [0, 0.1) is 11.6 Å². The van der Waals surface area contributed by atoms with Gasteiger partial charge < -0.3 is 0 Å². The van der Waals surface area contributed by atoms with E-state index in [-0.39, 0.29) is 10.0 Å². The maximum absolute atomic E-state index is 13.6. The number of halogens is 4. The van der Waals surface area contributed by atoms with E-state index in [2.05, 4.69) is 15.9 Å².